The number of rotatable bonds is 9. The van der Waals surface area contributed by atoms with Crippen LogP contribution in [-0.4, -0.2) is 16.9 Å². The molecule has 0 aliphatic carbocycles. The molecular weight excluding hydrogens is 424 g/mol. The van der Waals surface area contributed by atoms with Crippen molar-refractivity contribution in [3.05, 3.63) is 113 Å². The van der Waals surface area contributed by atoms with Gasteiger partial charge in [0.2, 0.25) is 0 Å². The molecular formula is C26H29ClN2OS. The Balaban J connectivity index is 0.00000107. The smallest absolute Gasteiger partial charge is 0.255 e. The molecule has 1 aromatic heterocycles. The molecule has 0 atom stereocenters. The maximum absolute atomic E-state index is 13.1. The van der Waals surface area contributed by atoms with Crippen LogP contribution in [0.5, 0.6) is 0 Å². The lowest BCUT2D eigenvalue weighted by atomic mass is 10.1. The summed E-state index contributed by atoms with van der Waals surface area (Å²) < 4.78 is 1.83. The van der Waals surface area contributed by atoms with Crippen LogP contribution in [0.4, 0.5) is 0 Å². The van der Waals surface area contributed by atoms with Gasteiger partial charge in [0.1, 0.15) is 0 Å². The number of pyridine rings is 1. The van der Waals surface area contributed by atoms with Gasteiger partial charge in [0, 0.05) is 40.9 Å². The summed E-state index contributed by atoms with van der Waals surface area (Å²) in [4.78, 5) is 14.3. The van der Waals surface area contributed by atoms with Crippen molar-refractivity contribution in [2.45, 2.75) is 24.9 Å². The van der Waals surface area contributed by atoms with Gasteiger partial charge in [0.25, 0.3) is 5.56 Å². The van der Waals surface area contributed by atoms with Crippen LogP contribution in [0.15, 0.2) is 102 Å². The monoisotopic (exact) mass is 452 g/mol. The van der Waals surface area contributed by atoms with Crippen LogP contribution < -0.4 is 10.9 Å². The Labute approximate surface area is 194 Å². The van der Waals surface area contributed by atoms with Crippen LogP contribution in [0.2, 0.25) is 5.02 Å². The second-order valence-corrected chi connectivity index (χ2v) is 8.47. The third kappa shape index (κ3) is 7.59. The molecule has 0 radical (unpaired) electrons. The maximum Gasteiger partial charge on any atom is 0.255 e. The van der Waals surface area contributed by atoms with Crippen LogP contribution >= 0.6 is 23.4 Å². The minimum Gasteiger partial charge on any atom is -0.308 e. The minimum absolute atomic E-state index is 0.0140. The summed E-state index contributed by atoms with van der Waals surface area (Å²) in [5.41, 5.74) is 2.51. The fraction of sp³-hybridized carbons (Fsp3) is 0.192. The van der Waals surface area contributed by atoms with Crippen LogP contribution in [0.3, 0.4) is 0 Å². The van der Waals surface area contributed by atoms with E-state index in [0.717, 1.165) is 27.8 Å². The van der Waals surface area contributed by atoms with Crippen molar-refractivity contribution in [3.63, 3.8) is 0 Å². The van der Waals surface area contributed by atoms with Crippen LogP contribution in [-0.2, 0) is 13.1 Å². The SMILES string of the molecule is C=CC.C=CC(=C)CNCc1cc2ccc(Cl)cc2n(CCSc2ccccc2)c1=O. The first kappa shape index (κ1) is 24.7. The molecule has 0 fully saturated rings. The summed E-state index contributed by atoms with van der Waals surface area (Å²) in [6.45, 7) is 14.5. The lowest BCUT2D eigenvalue weighted by molar-refractivity contribution is 0.707. The Morgan fingerprint density at radius 1 is 1.16 bits per heavy atom. The molecule has 0 spiro atoms. The Kier molecular flexibility index (Phi) is 10.4. The van der Waals surface area contributed by atoms with Gasteiger partial charge in [0.15, 0.2) is 0 Å². The second kappa shape index (κ2) is 13.0. The standard InChI is InChI=1S/C23H23ClN2OS.C3H6/c1-3-17(2)15-25-16-19-13-18-9-10-20(24)14-22(18)26(23(19)27)11-12-28-21-7-5-4-6-8-21;1-3-2/h3-10,13-14,25H,1-2,11-12,15-16H2;3H,1H2,2H3. The van der Waals surface area contributed by atoms with Gasteiger partial charge in [-0.2, -0.15) is 0 Å². The van der Waals surface area contributed by atoms with E-state index in [4.69, 9.17) is 11.6 Å². The minimum atomic E-state index is 0.0140. The highest BCUT2D eigenvalue weighted by Crippen LogP contribution is 2.21. The molecule has 0 aliphatic heterocycles. The molecule has 0 saturated heterocycles. The molecule has 3 aromatic rings. The summed E-state index contributed by atoms with van der Waals surface area (Å²) >= 11 is 7.93. The molecule has 0 aliphatic rings. The molecule has 0 saturated carbocycles. The molecule has 1 N–H and O–H groups in total. The zero-order chi connectivity index (χ0) is 22.6. The quantitative estimate of drug-likeness (QED) is 0.229. The van der Waals surface area contributed by atoms with E-state index in [2.05, 4.69) is 37.2 Å². The summed E-state index contributed by atoms with van der Waals surface area (Å²) in [6, 6.07) is 17.8. The lowest BCUT2D eigenvalue weighted by Gasteiger charge is -2.14. The fourth-order valence-corrected chi connectivity index (χ4v) is 3.98. The van der Waals surface area contributed by atoms with Crippen LogP contribution in [0.1, 0.15) is 12.5 Å². The average Bonchev–Trinajstić information content (AvgIpc) is 2.77. The molecule has 1 heterocycles. The zero-order valence-corrected chi connectivity index (χ0v) is 19.5. The number of benzene rings is 2. The van der Waals surface area contributed by atoms with E-state index < -0.39 is 0 Å². The van der Waals surface area contributed by atoms with Crippen molar-refractivity contribution in [2.75, 3.05) is 12.3 Å². The highest BCUT2D eigenvalue weighted by atomic mass is 35.5. The number of halogens is 1. The van der Waals surface area contributed by atoms with E-state index in [0.29, 0.717) is 24.7 Å². The number of thioether (sulfide) groups is 1. The summed E-state index contributed by atoms with van der Waals surface area (Å²) in [7, 11) is 0. The maximum atomic E-state index is 13.1. The van der Waals surface area contributed by atoms with E-state index in [-0.39, 0.29) is 5.56 Å². The van der Waals surface area contributed by atoms with Gasteiger partial charge < -0.3 is 9.88 Å². The summed E-state index contributed by atoms with van der Waals surface area (Å²) in [6.07, 6.45) is 3.47. The number of hydrogen-bond acceptors (Lipinski definition) is 3. The molecule has 3 rings (SSSR count). The highest BCUT2D eigenvalue weighted by Gasteiger charge is 2.10. The Hall–Kier alpha value is -2.53. The predicted molar refractivity (Wildman–Crippen MR) is 137 cm³/mol. The first-order chi connectivity index (χ1) is 15.0. The summed E-state index contributed by atoms with van der Waals surface area (Å²) in [5, 5.41) is 4.90. The molecule has 0 amide bonds. The van der Waals surface area contributed by atoms with Gasteiger partial charge in [-0.05, 0) is 48.2 Å². The molecule has 5 heteroatoms. The van der Waals surface area contributed by atoms with Crippen LogP contribution in [0, 0.1) is 0 Å². The van der Waals surface area contributed by atoms with Crippen molar-refractivity contribution < 1.29 is 0 Å². The Bertz CT molecular complexity index is 1090. The Morgan fingerprint density at radius 2 is 1.87 bits per heavy atom. The number of allylic oxidation sites excluding steroid dienone is 1. The average molecular weight is 453 g/mol. The first-order valence-electron chi connectivity index (χ1n) is 10.1. The number of fused-ring (bicyclic) bond motifs is 1. The van der Waals surface area contributed by atoms with Gasteiger partial charge >= 0.3 is 0 Å². The van der Waals surface area contributed by atoms with Gasteiger partial charge in [-0.15, -0.1) is 18.3 Å². The van der Waals surface area contributed by atoms with E-state index in [1.54, 1.807) is 23.9 Å². The zero-order valence-electron chi connectivity index (χ0n) is 17.9. The topological polar surface area (TPSA) is 34.0 Å². The second-order valence-electron chi connectivity index (χ2n) is 6.87. The van der Waals surface area contributed by atoms with Gasteiger partial charge in [-0.1, -0.05) is 61.2 Å². The predicted octanol–water partition coefficient (Wildman–Crippen LogP) is 6.47. The fourth-order valence-electron chi connectivity index (χ4n) is 2.95. The third-order valence-electron chi connectivity index (χ3n) is 4.42. The number of nitrogens with zero attached hydrogens (tertiary/aromatic N) is 1. The molecule has 2 aromatic carbocycles. The molecule has 3 nitrogen and oxygen atoms in total. The molecule has 31 heavy (non-hydrogen) atoms. The van der Waals surface area contributed by atoms with E-state index >= 15 is 0 Å². The van der Waals surface area contributed by atoms with Crippen molar-refractivity contribution in [1.82, 2.24) is 9.88 Å². The molecule has 0 unspecified atom stereocenters. The van der Waals surface area contributed by atoms with Crippen molar-refractivity contribution in [1.29, 1.82) is 0 Å². The molecule has 0 bridgehead atoms. The van der Waals surface area contributed by atoms with Crippen molar-refractivity contribution in [3.8, 4) is 0 Å². The van der Waals surface area contributed by atoms with Crippen molar-refractivity contribution in [2.24, 2.45) is 0 Å². The number of nitrogens with one attached hydrogen (secondary N) is 1. The first-order valence-corrected chi connectivity index (χ1v) is 11.4. The summed E-state index contributed by atoms with van der Waals surface area (Å²) in [5.74, 6) is 0.801. The van der Waals surface area contributed by atoms with Crippen molar-refractivity contribution >= 4 is 34.3 Å². The number of hydrogen-bond donors (Lipinski definition) is 1. The number of aryl methyl sites for hydroxylation is 1. The number of aromatic nitrogens is 1. The van der Waals surface area contributed by atoms with E-state index in [1.165, 1.54) is 4.90 Å². The van der Waals surface area contributed by atoms with Crippen LogP contribution in [0.25, 0.3) is 10.9 Å². The van der Waals surface area contributed by atoms with E-state index in [9.17, 15) is 4.79 Å². The Morgan fingerprint density at radius 3 is 2.55 bits per heavy atom. The lowest BCUT2D eigenvalue weighted by Crippen LogP contribution is -2.28. The molecule has 162 valence electrons. The highest BCUT2D eigenvalue weighted by molar-refractivity contribution is 7.99. The van der Waals surface area contributed by atoms with Gasteiger partial charge in [-0.25, -0.2) is 0 Å². The van der Waals surface area contributed by atoms with Gasteiger partial charge in [-0.3, -0.25) is 4.79 Å². The van der Waals surface area contributed by atoms with E-state index in [1.807, 2.05) is 54.0 Å². The third-order valence-corrected chi connectivity index (χ3v) is 5.64. The normalized spacial score (nSPS) is 10.3. The largest absolute Gasteiger partial charge is 0.308 e. The van der Waals surface area contributed by atoms with Gasteiger partial charge in [0.05, 0.1) is 5.52 Å².